The molecule has 2 saturated heterocycles. The average Bonchev–Trinajstić information content (AvgIpc) is 3.31. The highest BCUT2D eigenvalue weighted by atomic mass is 16.5. The third-order valence-electron chi connectivity index (χ3n) is 6.52. The van der Waals surface area contributed by atoms with Crippen LogP contribution in [0.4, 0.5) is 5.69 Å². The number of rotatable bonds is 6. The van der Waals surface area contributed by atoms with E-state index in [2.05, 4.69) is 50.5 Å². The minimum Gasteiger partial charge on any atom is -0.462 e. The van der Waals surface area contributed by atoms with Crippen LogP contribution in [-0.4, -0.2) is 45.6 Å². The maximum absolute atomic E-state index is 12.5. The van der Waals surface area contributed by atoms with E-state index < -0.39 is 0 Å². The monoisotopic (exact) mass is 404 g/mol. The lowest BCUT2D eigenvalue weighted by Gasteiger charge is -2.39. The predicted octanol–water partition coefficient (Wildman–Crippen LogP) is 4.35. The molecule has 0 radical (unpaired) electrons. The lowest BCUT2D eigenvalue weighted by molar-refractivity contribution is 0.0527. The van der Waals surface area contributed by atoms with Gasteiger partial charge in [0, 0.05) is 42.5 Å². The molecule has 156 valence electrons. The van der Waals surface area contributed by atoms with Gasteiger partial charge in [0.25, 0.3) is 0 Å². The van der Waals surface area contributed by atoms with Crippen LogP contribution in [-0.2, 0) is 11.3 Å². The number of hydrogen-bond donors (Lipinski definition) is 2. The van der Waals surface area contributed by atoms with Crippen LogP contribution >= 0.6 is 0 Å². The number of fused-ring (bicyclic) bond motifs is 3. The van der Waals surface area contributed by atoms with Gasteiger partial charge in [0.2, 0.25) is 0 Å². The second-order valence-electron chi connectivity index (χ2n) is 8.36. The van der Waals surface area contributed by atoms with E-state index in [1.165, 1.54) is 18.4 Å². The molecule has 2 aromatic heterocycles. The lowest BCUT2D eigenvalue weighted by atomic mass is 9.95. The lowest BCUT2D eigenvalue weighted by Crippen LogP contribution is -2.46. The summed E-state index contributed by atoms with van der Waals surface area (Å²) in [7, 11) is 0. The zero-order valence-corrected chi connectivity index (χ0v) is 17.3. The third-order valence-corrected chi connectivity index (χ3v) is 6.52. The molecule has 0 saturated carbocycles. The van der Waals surface area contributed by atoms with Gasteiger partial charge in [0.1, 0.15) is 11.2 Å². The van der Waals surface area contributed by atoms with Gasteiger partial charge in [0.15, 0.2) is 0 Å². The first-order chi connectivity index (χ1) is 14.7. The Kier molecular flexibility index (Phi) is 5.17. The standard InChI is InChI=1S/C24H28N4O2/c1-2-30-24(29)21-14-26-23-20(10-11-25-23)22(21)27-17-12-18-8-9-19(13-17)28(18)15-16-6-4-3-5-7-16/h3-7,10-11,14,17-19H,2,8-9,12-13,15H2,1H3,(H2,25,26,27)/t17?,18-,19+. The normalized spacial score (nSPS) is 23.6. The Labute approximate surface area is 176 Å². The zero-order valence-electron chi connectivity index (χ0n) is 17.3. The molecular formula is C24H28N4O2. The van der Waals surface area contributed by atoms with E-state index in [-0.39, 0.29) is 5.97 Å². The van der Waals surface area contributed by atoms with Crippen molar-refractivity contribution in [3.05, 3.63) is 59.9 Å². The van der Waals surface area contributed by atoms with E-state index in [0.29, 0.717) is 30.3 Å². The Balaban J connectivity index is 1.36. The first kappa shape index (κ1) is 19.1. The number of aromatic nitrogens is 2. The highest BCUT2D eigenvalue weighted by Gasteiger charge is 2.40. The van der Waals surface area contributed by atoms with E-state index in [4.69, 9.17) is 4.74 Å². The molecule has 3 aromatic rings. The molecule has 4 heterocycles. The number of carbonyl (C=O) groups is 1. The molecule has 1 aromatic carbocycles. The van der Waals surface area contributed by atoms with Gasteiger partial charge in [-0.05, 0) is 44.2 Å². The highest BCUT2D eigenvalue weighted by Crippen LogP contribution is 2.39. The molecular weight excluding hydrogens is 376 g/mol. The van der Waals surface area contributed by atoms with Gasteiger partial charge < -0.3 is 15.0 Å². The molecule has 30 heavy (non-hydrogen) atoms. The maximum atomic E-state index is 12.5. The fraction of sp³-hybridized carbons (Fsp3) is 0.417. The summed E-state index contributed by atoms with van der Waals surface area (Å²) in [6.45, 7) is 3.20. The number of benzene rings is 1. The van der Waals surface area contributed by atoms with Crippen molar-refractivity contribution in [1.82, 2.24) is 14.9 Å². The van der Waals surface area contributed by atoms with Gasteiger partial charge in [-0.15, -0.1) is 0 Å². The molecule has 0 spiro atoms. The van der Waals surface area contributed by atoms with Crippen LogP contribution in [0, 0.1) is 0 Å². The van der Waals surface area contributed by atoms with E-state index >= 15 is 0 Å². The smallest absolute Gasteiger partial charge is 0.341 e. The Morgan fingerprint density at radius 2 is 1.97 bits per heavy atom. The van der Waals surface area contributed by atoms with E-state index in [1.54, 1.807) is 6.20 Å². The number of carbonyl (C=O) groups excluding carboxylic acids is 1. The summed E-state index contributed by atoms with van der Waals surface area (Å²) < 4.78 is 5.28. The van der Waals surface area contributed by atoms with Gasteiger partial charge in [-0.25, -0.2) is 9.78 Å². The Morgan fingerprint density at radius 1 is 1.20 bits per heavy atom. The number of anilines is 1. The quantitative estimate of drug-likeness (QED) is 0.598. The number of esters is 1. The summed E-state index contributed by atoms with van der Waals surface area (Å²) >= 11 is 0. The van der Waals surface area contributed by atoms with Crippen LogP contribution in [0.1, 0.15) is 48.5 Å². The third kappa shape index (κ3) is 3.56. The topological polar surface area (TPSA) is 70.2 Å². The van der Waals surface area contributed by atoms with Crippen molar-refractivity contribution in [3.63, 3.8) is 0 Å². The second-order valence-corrected chi connectivity index (χ2v) is 8.36. The van der Waals surface area contributed by atoms with E-state index in [0.717, 1.165) is 36.1 Å². The first-order valence-corrected chi connectivity index (χ1v) is 10.9. The van der Waals surface area contributed by atoms with Crippen LogP contribution in [0.2, 0.25) is 0 Å². The van der Waals surface area contributed by atoms with Gasteiger partial charge in [-0.3, -0.25) is 4.90 Å². The summed E-state index contributed by atoms with van der Waals surface area (Å²) in [5.74, 6) is -0.319. The SMILES string of the molecule is CCOC(=O)c1cnc2[nH]ccc2c1NC1C[C@H]2CC[C@@H](C1)N2Cc1ccccc1. The summed E-state index contributed by atoms with van der Waals surface area (Å²) in [5, 5.41) is 4.66. The summed E-state index contributed by atoms with van der Waals surface area (Å²) in [6, 6.07) is 14.2. The number of H-pyrrole nitrogens is 1. The van der Waals surface area contributed by atoms with Gasteiger partial charge in [-0.2, -0.15) is 0 Å². The van der Waals surface area contributed by atoms with Crippen molar-refractivity contribution in [2.24, 2.45) is 0 Å². The maximum Gasteiger partial charge on any atom is 0.341 e. The van der Waals surface area contributed by atoms with Crippen molar-refractivity contribution in [2.75, 3.05) is 11.9 Å². The molecule has 2 bridgehead atoms. The molecule has 2 aliphatic heterocycles. The number of nitrogens with one attached hydrogen (secondary N) is 2. The van der Waals surface area contributed by atoms with Gasteiger partial charge in [0.05, 0.1) is 12.3 Å². The molecule has 2 aliphatic rings. The van der Waals surface area contributed by atoms with Crippen molar-refractivity contribution in [2.45, 2.75) is 57.3 Å². The average molecular weight is 405 g/mol. The molecule has 3 atom stereocenters. The Hall–Kier alpha value is -2.86. The molecule has 0 aliphatic carbocycles. The van der Waals surface area contributed by atoms with E-state index in [9.17, 15) is 4.79 Å². The van der Waals surface area contributed by atoms with Crippen LogP contribution in [0.5, 0.6) is 0 Å². The molecule has 2 N–H and O–H groups in total. The fourth-order valence-corrected chi connectivity index (χ4v) is 5.18. The number of nitrogens with zero attached hydrogens (tertiary/aromatic N) is 2. The summed E-state index contributed by atoms with van der Waals surface area (Å²) in [5.41, 5.74) is 3.53. The molecule has 6 heteroatoms. The summed E-state index contributed by atoms with van der Waals surface area (Å²) in [4.78, 5) is 22.8. The number of ether oxygens (including phenoxy) is 1. The molecule has 6 nitrogen and oxygen atoms in total. The van der Waals surface area contributed by atoms with Crippen molar-refractivity contribution >= 4 is 22.7 Å². The van der Waals surface area contributed by atoms with Crippen LogP contribution in [0.25, 0.3) is 11.0 Å². The molecule has 2 fully saturated rings. The van der Waals surface area contributed by atoms with E-state index in [1.807, 2.05) is 19.2 Å². The Morgan fingerprint density at radius 3 is 2.70 bits per heavy atom. The number of aromatic amines is 1. The summed E-state index contributed by atoms with van der Waals surface area (Å²) in [6.07, 6.45) is 8.15. The van der Waals surface area contributed by atoms with Crippen LogP contribution in [0.3, 0.4) is 0 Å². The van der Waals surface area contributed by atoms with Crippen LogP contribution in [0.15, 0.2) is 48.8 Å². The van der Waals surface area contributed by atoms with Gasteiger partial charge >= 0.3 is 5.97 Å². The van der Waals surface area contributed by atoms with Crippen molar-refractivity contribution in [1.29, 1.82) is 0 Å². The molecule has 1 unspecified atom stereocenters. The first-order valence-electron chi connectivity index (χ1n) is 10.9. The van der Waals surface area contributed by atoms with Crippen molar-refractivity contribution in [3.8, 4) is 0 Å². The minimum absolute atomic E-state index is 0.319. The molecule has 0 amide bonds. The fourth-order valence-electron chi connectivity index (χ4n) is 5.18. The van der Waals surface area contributed by atoms with Crippen LogP contribution < -0.4 is 5.32 Å². The largest absolute Gasteiger partial charge is 0.462 e. The van der Waals surface area contributed by atoms with Gasteiger partial charge in [-0.1, -0.05) is 30.3 Å². The number of piperidine rings is 1. The highest BCUT2D eigenvalue weighted by molar-refractivity contribution is 6.04. The minimum atomic E-state index is -0.319. The zero-order chi connectivity index (χ0) is 20.5. The second kappa shape index (κ2) is 8.11. The predicted molar refractivity (Wildman–Crippen MR) is 117 cm³/mol. The number of pyridine rings is 1. The van der Waals surface area contributed by atoms with Crippen molar-refractivity contribution < 1.29 is 9.53 Å². The number of hydrogen-bond acceptors (Lipinski definition) is 5. The molecule has 5 rings (SSSR count). The Bertz CT molecular complexity index is 1020.